The topological polar surface area (TPSA) is 40.5 Å². The molecule has 0 aliphatic rings. The fourth-order valence-electron chi connectivity index (χ4n) is 1.27. The molecule has 0 spiro atoms. The van der Waals surface area contributed by atoms with Gasteiger partial charge in [-0.2, -0.15) is 0 Å². The van der Waals surface area contributed by atoms with Gasteiger partial charge in [-0.15, -0.1) is 0 Å². The van der Waals surface area contributed by atoms with Gasteiger partial charge in [0.15, 0.2) is 0 Å². The molecule has 2 heteroatoms. The smallest absolute Gasteiger partial charge is 0.0724 e. The lowest BCUT2D eigenvalue weighted by atomic mass is 10.1. The summed E-state index contributed by atoms with van der Waals surface area (Å²) in [5.74, 6) is 0. The summed E-state index contributed by atoms with van der Waals surface area (Å²) in [5.41, 5.74) is 1.23. The highest BCUT2D eigenvalue weighted by atomic mass is 16.3. The lowest BCUT2D eigenvalue weighted by Crippen LogP contribution is -2.04. The molecule has 0 aromatic heterocycles. The lowest BCUT2D eigenvalue weighted by Gasteiger charge is -2.04. The van der Waals surface area contributed by atoms with Crippen LogP contribution in [0.15, 0.2) is 42.5 Å². The van der Waals surface area contributed by atoms with E-state index in [4.69, 9.17) is 5.11 Å². The van der Waals surface area contributed by atoms with Gasteiger partial charge in [0.05, 0.1) is 12.7 Å². The lowest BCUT2D eigenvalue weighted by molar-refractivity contribution is 0.211. The normalized spacial score (nSPS) is 13.3. The van der Waals surface area contributed by atoms with Crippen molar-refractivity contribution in [1.29, 1.82) is 0 Å². The molecular formula is C12H16O2. The Morgan fingerprint density at radius 3 is 2.57 bits per heavy atom. The van der Waals surface area contributed by atoms with Crippen LogP contribution < -0.4 is 0 Å². The Hall–Kier alpha value is -1.12. The molecule has 76 valence electrons. The van der Waals surface area contributed by atoms with E-state index < -0.39 is 6.10 Å². The number of hydrogen-bond acceptors (Lipinski definition) is 2. The van der Waals surface area contributed by atoms with Crippen LogP contribution in [0.1, 0.15) is 12.0 Å². The number of benzene rings is 1. The molecule has 1 aromatic carbocycles. The minimum atomic E-state index is -0.456. The molecule has 0 fully saturated rings. The second-order valence-corrected chi connectivity index (χ2v) is 3.20. The summed E-state index contributed by atoms with van der Waals surface area (Å²) in [7, 11) is 0. The third-order valence-electron chi connectivity index (χ3n) is 2.04. The maximum Gasteiger partial charge on any atom is 0.0724 e. The average Bonchev–Trinajstić information content (AvgIpc) is 2.25. The summed E-state index contributed by atoms with van der Waals surface area (Å²) in [5, 5.41) is 17.9. The molecular weight excluding hydrogens is 176 g/mol. The van der Waals surface area contributed by atoms with E-state index in [-0.39, 0.29) is 6.61 Å². The predicted octanol–water partition coefficient (Wildman–Crippen LogP) is 1.53. The van der Waals surface area contributed by atoms with E-state index in [1.165, 1.54) is 5.56 Å². The fraction of sp³-hybridized carbons (Fsp3) is 0.333. The molecule has 0 saturated heterocycles. The van der Waals surface area contributed by atoms with Crippen molar-refractivity contribution in [3.8, 4) is 0 Å². The third-order valence-corrected chi connectivity index (χ3v) is 2.04. The number of aryl methyl sites for hydroxylation is 1. The van der Waals surface area contributed by atoms with E-state index in [0.29, 0.717) is 6.42 Å². The van der Waals surface area contributed by atoms with Crippen molar-refractivity contribution < 1.29 is 10.2 Å². The van der Waals surface area contributed by atoms with Gasteiger partial charge in [-0.3, -0.25) is 0 Å². The van der Waals surface area contributed by atoms with Crippen molar-refractivity contribution >= 4 is 0 Å². The molecule has 1 unspecified atom stereocenters. The predicted molar refractivity (Wildman–Crippen MR) is 57.0 cm³/mol. The van der Waals surface area contributed by atoms with Crippen molar-refractivity contribution in [1.82, 2.24) is 0 Å². The van der Waals surface area contributed by atoms with E-state index in [1.54, 1.807) is 12.2 Å². The Balaban J connectivity index is 2.30. The first-order chi connectivity index (χ1) is 6.83. The Morgan fingerprint density at radius 2 is 1.93 bits per heavy atom. The maximum atomic E-state index is 9.44. The molecule has 0 aliphatic carbocycles. The summed E-state index contributed by atoms with van der Waals surface area (Å²) in [6.07, 6.45) is 4.29. The molecule has 14 heavy (non-hydrogen) atoms. The number of aliphatic hydroxyl groups is 2. The van der Waals surface area contributed by atoms with Crippen molar-refractivity contribution in [2.24, 2.45) is 0 Å². The quantitative estimate of drug-likeness (QED) is 0.694. The van der Waals surface area contributed by atoms with Crippen LogP contribution in [0.4, 0.5) is 0 Å². The van der Waals surface area contributed by atoms with Gasteiger partial charge in [0.2, 0.25) is 0 Å². The van der Waals surface area contributed by atoms with Crippen molar-refractivity contribution in [3.63, 3.8) is 0 Å². The summed E-state index contributed by atoms with van der Waals surface area (Å²) in [6, 6.07) is 10.0. The second kappa shape index (κ2) is 6.35. The largest absolute Gasteiger partial charge is 0.392 e. The minimum Gasteiger partial charge on any atom is -0.392 e. The van der Waals surface area contributed by atoms with Crippen LogP contribution in [0.2, 0.25) is 0 Å². The summed E-state index contributed by atoms with van der Waals surface area (Å²) >= 11 is 0. The number of rotatable bonds is 5. The third kappa shape index (κ3) is 4.21. The molecule has 0 amide bonds. The molecule has 0 aliphatic heterocycles. The number of aliphatic hydroxyl groups excluding tert-OH is 2. The Morgan fingerprint density at radius 1 is 1.21 bits per heavy atom. The van der Waals surface area contributed by atoms with E-state index >= 15 is 0 Å². The van der Waals surface area contributed by atoms with Gasteiger partial charge in [0, 0.05) is 0 Å². The van der Waals surface area contributed by atoms with E-state index in [2.05, 4.69) is 0 Å². The summed E-state index contributed by atoms with van der Waals surface area (Å²) < 4.78 is 0. The first kappa shape index (κ1) is 11.0. The number of hydrogen-bond donors (Lipinski definition) is 2. The van der Waals surface area contributed by atoms with E-state index in [0.717, 1.165) is 6.42 Å². The molecule has 1 aromatic rings. The Bertz CT molecular complexity index is 267. The monoisotopic (exact) mass is 192 g/mol. The highest BCUT2D eigenvalue weighted by molar-refractivity contribution is 5.14. The molecule has 0 saturated carbocycles. The van der Waals surface area contributed by atoms with Gasteiger partial charge >= 0.3 is 0 Å². The van der Waals surface area contributed by atoms with Gasteiger partial charge in [-0.05, 0) is 18.4 Å². The Kier molecular flexibility index (Phi) is 4.97. The highest BCUT2D eigenvalue weighted by Gasteiger charge is 1.99. The highest BCUT2D eigenvalue weighted by Crippen LogP contribution is 2.05. The minimum absolute atomic E-state index is 0.0115. The van der Waals surface area contributed by atoms with Crippen molar-refractivity contribution in [3.05, 3.63) is 48.0 Å². The molecule has 0 radical (unpaired) electrons. The van der Waals surface area contributed by atoms with Crippen LogP contribution >= 0.6 is 0 Å². The molecule has 1 rings (SSSR count). The molecule has 2 N–H and O–H groups in total. The first-order valence-electron chi connectivity index (χ1n) is 4.82. The SMILES string of the molecule is OC/C=C/C(O)CCc1ccccc1. The van der Waals surface area contributed by atoms with Crippen LogP contribution in [0.5, 0.6) is 0 Å². The van der Waals surface area contributed by atoms with Crippen LogP contribution in [0.3, 0.4) is 0 Å². The van der Waals surface area contributed by atoms with Gasteiger partial charge < -0.3 is 10.2 Å². The van der Waals surface area contributed by atoms with E-state index in [1.807, 2.05) is 30.3 Å². The van der Waals surface area contributed by atoms with Gasteiger partial charge in [-0.1, -0.05) is 42.5 Å². The molecule has 0 bridgehead atoms. The summed E-state index contributed by atoms with van der Waals surface area (Å²) in [6.45, 7) is -0.0115. The van der Waals surface area contributed by atoms with Gasteiger partial charge in [0.25, 0.3) is 0 Å². The summed E-state index contributed by atoms with van der Waals surface area (Å²) in [4.78, 5) is 0. The van der Waals surface area contributed by atoms with Crippen LogP contribution in [0.25, 0.3) is 0 Å². The standard InChI is InChI=1S/C12H16O2/c13-10-4-7-12(14)9-8-11-5-2-1-3-6-11/h1-7,12-14H,8-10H2/b7-4+. The average molecular weight is 192 g/mol. The zero-order valence-corrected chi connectivity index (χ0v) is 8.13. The van der Waals surface area contributed by atoms with Crippen molar-refractivity contribution in [2.75, 3.05) is 6.61 Å². The van der Waals surface area contributed by atoms with Crippen molar-refractivity contribution in [2.45, 2.75) is 18.9 Å². The van der Waals surface area contributed by atoms with Gasteiger partial charge in [0.1, 0.15) is 0 Å². The fourth-order valence-corrected chi connectivity index (χ4v) is 1.27. The van der Waals surface area contributed by atoms with Gasteiger partial charge in [-0.25, -0.2) is 0 Å². The zero-order valence-electron chi connectivity index (χ0n) is 8.13. The van der Waals surface area contributed by atoms with E-state index in [9.17, 15) is 5.11 Å². The molecule has 2 nitrogen and oxygen atoms in total. The maximum absolute atomic E-state index is 9.44. The Labute approximate surface area is 84.5 Å². The van der Waals surface area contributed by atoms with Crippen LogP contribution in [0, 0.1) is 0 Å². The second-order valence-electron chi connectivity index (χ2n) is 3.20. The van der Waals surface area contributed by atoms with Crippen LogP contribution in [-0.2, 0) is 6.42 Å². The van der Waals surface area contributed by atoms with Crippen LogP contribution in [-0.4, -0.2) is 22.9 Å². The molecule has 0 heterocycles. The first-order valence-corrected chi connectivity index (χ1v) is 4.82. The molecule has 1 atom stereocenters. The zero-order chi connectivity index (χ0) is 10.2.